The molecule has 0 spiro atoms. The van der Waals surface area contributed by atoms with Gasteiger partial charge in [0.1, 0.15) is 11.3 Å². The Kier molecular flexibility index (Phi) is 5.06. The summed E-state index contributed by atoms with van der Waals surface area (Å²) in [6, 6.07) is 5.02. The first-order valence-corrected chi connectivity index (χ1v) is 8.69. The lowest BCUT2D eigenvalue weighted by molar-refractivity contribution is -0.143. The second kappa shape index (κ2) is 7.25. The molecule has 1 amide bonds. The van der Waals surface area contributed by atoms with Crippen molar-refractivity contribution in [3.63, 3.8) is 0 Å². The highest BCUT2D eigenvalue weighted by Crippen LogP contribution is 2.33. The van der Waals surface area contributed by atoms with Crippen LogP contribution in [0.4, 0.5) is 0 Å². The Balaban J connectivity index is 1.69. The molecule has 1 aliphatic heterocycles. The normalized spacial score (nSPS) is 20.1. The Hall–Kier alpha value is -2.37. The van der Waals surface area contributed by atoms with Gasteiger partial charge in [-0.3, -0.25) is 9.59 Å². The van der Waals surface area contributed by atoms with Crippen molar-refractivity contribution in [2.75, 3.05) is 20.2 Å². The van der Waals surface area contributed by atoms with Gasteiger partial charge in [0.25, 0.3) is 0 Å². The Morgan fingerprint density at radius 2 is 1.88 bits per heavy atom. The van der Waals surface area contributed by atoms with Gasteiger partial charge in [0.05, 0.1) is 13.0 Å². The molecule has 134 valence electrons. The van der Waals surface area contributed by atoms with Crippen LogP contribution >= 0.6 is 0 Å². The zero-order chi connectivity index (χ0) is 18.0. The van der Waals surface area contributed by atoms with E-state index >= 15 is 0 Å². The minimum absolute atomic E-state index is 0.151. The van der Waals surface area contributed by atoms with Crippen molar-refractivity contribution in [2.45, 2.75) is 32.6 Å². The summed E-state index contributed by atoms with van der Waals surface area (Å²) in [5, 5.41) is 0. The molecule has 1 atom stereocenters. The van der Waals surface area contributed by atoms with E-state index in [1.807, 2.05) is 6.92 Å². The number of nitrogens with zero attached hydrogens (tertiary/aromatic N) is 1. The van der Waals surface area contributed by atoms with Crippen LogP contribution in [-0.4, -0.2) is 42.9 Å². The highest BCUT2D eigenvalue weighted by atomic mass is 16.5. The van der Waals surface area contributed by atoms with Gasteiger partial charge < -0.3 is 14.4 Å². The fourth-order valence-corrected chi connectivity index (χ4v) is 3.15. The van der Waals surface area contributed by atoms with E-state index in [0.29, 0.717) is 19.5 Å². The minimum atomic E-state index is -0.541. The molecule has 6 nitrogen and oxygen atoms in total. The van der Waals surface area contributed by atoms with E-state index < -0.39 is 11.9 Å². The number of hydrogen-bond acceptors (Lipinski definition) is 5. The third kappa shape index (κ3) is 4.00. The number of rotatable bonds is 4. The van der Waals surface area contributed by atoms with Crippen LogP contribution in [0.5, 0.6) is 5.75 Å². The lowest BCUT2D eigenvalue weighted by Crippen LogP contribution is -2.44. The van der Waals surface area contributed by atoms with Crippen molar-refractivity contribution >= 4 is 17.8 Å². The molecule has 1 aliphatic carbocycles. The first-order valence-electron chi connectivity index (χ1n) is 8.69. The minimum Gasteiger partial charge on any atom is -0.465 e. The number of esters is 2. The molecule has 0 N–H and O–H groups in total. The summed E-state index contributed by atoms with van der Waals surface area (Å²) in [4.78, 5) is 38.5. The number of hydrogen-bond donors (Lipinski definition) is 0. The molecule has 6 heteroatoms. The van der Waals surface area contributed by atoms with Crippen molar-refractivity contribution in [1.82, 2.24) is 4.90 Å². The zero-order valence-corrected chi connectivity index (χ0v) is 14.6. The fraction of sp³-hybridized carbons (Fsp3) is 0.526. The third-order valence-electron chi connectivity index (χ3n) is 4.74. The summed E-state index contributed by atoms with van der Waals surface area (Å²) in [7, 11) is 1.29. The van der Waals surface area contributed by atoms with Gasteiger partial charge in [-0.1, -0.05) is 6.07 Å². The number of carbonyl (C=O) groups is 3. The van der Waals surface area contributed by atoms with E-state index in [9.17, 15) is 14.4 Å². The predicted octanol–water partition coefficient (Wildman–Crippen LogP) is 2.34. The zero-order valence-electron chi connectivity index (χ0n) is 14.6. The number of methoxy groups -OCH3 is 1. The van der Waals surface area contributed by atoms with E-state index in [-0.39, 0.29) is 29.1 Å². The molecule has 0 aromatic heterocycles. The van der Waals surface area contributed by atoms with Gasteiger partial charge in [0.15, 0.2) is 0 Å². The van der Waals surface area contributed by atoms with E-state index in [1.165, 1.54) is 7.11 Å². The number of amides is 1. The number of benzene rings is 1. The van der Waals surface area contributed by atoms with Gasteiger partial charge in [-0.2, -0.15) is 0 Å². The topological polar surface area (TPSA) is 72.9 Å². The number of likely N-dealkylation sites (tertiary alicyclic amines) is 1. The summed E-state index contributed by atoms with van der Waals surface area (Å²) in [6.45, 7) is 2.95. The first kappa shape index (κ1) is 17.5. The Morgan fingerprint density at radius 1 is 1.12 bits per heavy atom. The molecule has 2 fully saturated rings. The molecule has 1 saturated carbocycles. The SMILES string of the molecule is COC(=O)c1cc(C)ccc1OC(=O)C1CCCN(C(=O)C2CC2)C1. The average Bonchev–Trinajstić information content (AvgIpc) is 3.47. The summed E-state index contributed by atoms with van der Waals surface area (Å²) >= 11 is 0. The number of aryl methyl sites for hydroxylation is 1. The summed E-state index contributed by atoms with van der Waals surface area (Å²) in [5.41, 5.74) is 1.11. The first-order chi connectivity index (χ1) is 12.0. The maximum atomic E-state index is 12.6. The average molecular weight is 345 g/mol. The summed E-state index contributed by atoms with van der Waals surface area (Å²) in [5.74, 6) is -0.791. The van der Waals surface area contributed by atoms with Crippen molar-refractivity contribution < 1.29 is 23.9 Å². The second-order valence-electron chi connectivity index (χ2n) is 6.81. The maximum absolute atomic E-state index is 12.6. The monoisotopic (exact) mass is 345 g/mol. The molecule has 2 aliphatic rings. The molecule has 0 radical (unpaired) electrons. The summed E-state index contributed by atoms with van der Waals surface area (Å²) < 4.78 is 10.2. The van der Waals surface area contributed by atoms with Crippen LogP contribution in [0.3, 0.4) is 0 Å². The number of carbonyl (C=O) groups excluding carboxylic acids is 3. The quantitative estimate of drug-likeness (QED) is 0.619. The predicted molar refractivity (Wildman–Crippen MR) is 90.2 cm³/mol. The van der Waals surface area contributed by atoms with E-state index in [1.54, 1.807) is 23.1 Å². The van der Waals surface area contributed by atoms with E-state index in [0.717, 1.165) is 24.8 Å². The van der Waals surface area contributed by atoms with Crippen LogP contribution in [-0.2, 0) is 14.3 Å². The van der Waals surface area contributed by atoms with Gasteiger partial charge in [-0.05, 0) is 50.3 Å². The lowest BCUT2D eigenvalue weighted by Gasteiger charge is -2.31. The molecule has 3 rings (SSSR count). The smallest absolute Gasteiger partial charge is 0.341 e. The van der Waals surface area contributed by atoms with Crippen molar-refractivity contribution in [3.8, 4) is 5.75 Å². The molecular formula is C19H23NO5. The van der Waals surface area contributed by atoms with Gasteiger partial charge in [-0.15, -0.1) is 0 Å². The van der Waals surface area contributed by atoms with Crippen molar-refractivity contribution in [3.05, 3.63) is 29.3 Å². The standard InChI is InChI=1S/C19H23NO5/c1-12-5-8-16(15(10-12)19(23)24-2)25-18(22)14-4-3-9-20(11-14)17(21)13-6-7-13/h5,8,10,13-14H,3-4,6-7,9,11H2,1-2H3. The van der Waals surface area contributed by atoms with Crippen LogP contribution in [0.15, 0.2) is 18.2 Å². The van der Waals surface area contributed by atoms with Gasteiger partial charge in [0.2, 0.25) is 5.91 Å². The second-order valence-corrected chi connectivity index (χ2v) is 6.81. The number of ether oxygens (including phenoxy) is 2. The lowest BCUT2D eigenvalue weighted by atomic mass is 9.97. The van der Waals surface area contributed by atoms with Crippen LogP contribution < -0.4 is 4.74 Å². The highest BCUT2D eigenvalue weighted by molar-refractivity contribution is 5.94. The molecule has 0 bridgehead atoms. The van der Waals surface area contributed by atoms with Crippen LogP contribution in [0.25, 0.3) is 0 Å². The molecule has 25 heavy (non-hydrogen) atoms. The van der Waals surface area contributed by atoms with Crippen molar-refractivity contribution in [1.29, 1.82) is 0 Å². The highest BCUT2D eigenvalue weighted by Gasteiger charge is 2.37. The van der Waals surface area contributed by atoms with E-state index in [2.05, 4.69) is 0 Å². The number of piperidine rings is 1. The van der Waals surface area contributed by atoms with Crippen LogP contribution in [0.2, 0.25) is 0 Å². The maximum Gasteiger partial charge on any atom is 0.341 e. The molecule has 1 aromatic rings. The van der Waals surface area contributed by atoms with Crippen LogP contribution in [0.1, 0.15) is 41.6 Å². The Morgan fingerprint density at radius 3 is 2.56 bits per heavy atom. The molecule has 1 unspecified atom stereocenters. The van der Waals surface area contributed by atoms with Gasteiger partial charge in [0, 0.05) is 19.0 Å². The summed E-state index contributed by atoms with van der Waals surface area (Å²) in [6.07, 6.45) is 3.38. The molecule has 1 saturated heterocycles. The Bertz CT molecular complexity index is 695. The third-order valence-corrected chi connectivity index (χ3v) is 4.74. The molecular weight excluding hydrogens is 322 g/mol. The molecule has 1 aromatic carbocycles. The van der Waals surface area contributed by atoms with E-state index in [4.69, 9.17) is 9.47 Å². The van der Waals surface area contributed by atoms with Crippen LogP contribution in [0, 0.1) is 18.8 Å². The van der Waals surface area contributed by atoms with Crippen molar-refractivity contribution in [2.24, 2.45) is 11.8 Å². The largest absolute Gasteiger partial charge is 0.465 e. The fourth-order valence-electron chi connectivity index (χ4n) is 3.15. The van der Waals surface area contributed by atoms with Gasteiger partial charge in [-0.25, -0.2) is 4.79 Å². The van der Waals surface area contributed by atoms with Gasteiger partial charge >= 0.3 is 11.9 Å². The Labute approximate surface area is 147 Å². The molecule has 1 heterocycles.